The summed E-state index contributed by atoms with van der Waals surface area (Å²) in [5.41, 5.74) is 0.829. The molecule has 3 N–H and O–H groups in total. The van der Waals surface area contributed by atoms with Gasteiger partial charge in [0.15, 0.2) is 11.5 Å². The maximum Gasteiger partial charge on any atom is 0.260 e. The van der Waals surface area contributed by atoms with Crippen LogP contribution < -0.4 is 14.8 Å². The lowest BCUT2D eigenvalue weighted by Crippen LogP contribution is -2.06. The molecule has 0 fully saturated rings. The monoisotopic (exact) mass is 311 g/mol. The van der Waals surface area contributed by atoms with Crippen LogP contribution in [0.5, 0.6) is 23.0 Å². The number of hydrogen-bond donors (Lipinski definition) is 3. The average molecular weight is 311 g/mol. The SMILES string of the molecule is COc1c(O)c(OC)c2c3c(cc4cccc(O)c42)NC(=O)c13. The van der Waals surface area contributed by atoms with Crippen molar-refractivity contribution in [1.29, 1.82) is 0 Å². The van der Waals surface area contributed by atoms with Crippen LogP contribution in [0.2, 0.25) is 0 Å². The molecular weight excluding hydrogens is 298 g/mol. The maximum absolute atomic E-state index is 12.3. The summed E-state index contributed by atoms with van der Waals surface area (Å²) < 4.78 is 10.6. The molecule has 0 radical (unpaired) electrons. The molecule has 1 aliphatic rings. The Hall–Kier alpha value is -3.15. The fourth-order valence-corrected chi connectivity index (χ4v) is 3.28. The van der Waals surface area contributed by atoms with Gasteiger partial charge in [-0.2, -0.15) is 0 Å². The third-order valence-electron chi connectivity index (χ3n) is 4.16. The van der Waals surface area contributed by atoms with Crippen LogP contribution in [0.1, 0.15) is 10.4 Å². The minimum Gasteiger partial charge on any atom is -0.507 e. The predicted molar refractivity (Wildman–Crippen MR) is 85.8 cm³/mol. The maximum atomic E-state index is 12.3. The minimum absolute atomic E-state index is 0.0437. The molecule has 0 unspecified atom stereocenters. The number of nitrogens with one attached hydrogen (secondary N) is 1. The first-order valence-electron chi connectivity index (χ1n) is 6.95. The van der Waals surface area contributed by atoms with Crippen molar-refractivity contribution in [3.63, 3.8) is 0 Å². The molecule has 23 heavy (non-hydrogen) atoms. The van der Waals surface area contributed by atoms with Gasteiger partial charge in [0.25, 0.3) is 5.91 Å². The van der Waals surface area contributed by atoms with Crippen LogP contribution in [-0.2, 0) is 0 Å². The Kier molecular flexibility index (Phi) is 2.60. The summed E-state index contributed by atoms with van der Waals surface area (Å²) in [7, 11) is 2.79. The second-order valence-corrected chi connectivity index (χ2v) is 5.29. The average Bonchev–Trinajstić information content (AvgIpc) is 2.85. The van der Waals surface area contributed by atoms with E-state index in [2.05, 4.69) is 5.32 Å². The first-order valence-corrected chi connectivity index (χ1v) is 6.95. The molecule has 0 aromatic heterocycles. The van der Waals surface area contributed by atoms with E-state index in [1.54, 1.807) is 18.2 Å². The van der Waals surface area contributed by atoms with Gasteiger partial charge in [0.05, 0.1) is 25.5 Å². The number of methoxy groups -OCH3 is 2. The normalized spacial score (nSPS) is 12.7. The van der Waals surface area contributed by atoms with Crippen molar-refractivity contribution < 1.29 is 24.5 Å². The molecular formula is C17H13NO5. The lowest BCUT2D eigenvalue weighted by Gasteiger charge is -2.15. The van der Waals surface area contributed by atoms with E-state index in [4.69, 9.17) is 9.47 Å². The highest BCUT2D eigenvalue weighted by Gasteiger charge is 2.33. The number of carbonyl (C=O) groups excluding carboxylic acids is 1. The topological polar surface area (TPSA) is 88.0 Å². The number of hydrogen-bond acceptors (Lipinski definition) is 5. The Labute approximate surface area is 130 Å². The van der Waals surface area contributed by atoms with Crippen molar-refractivity contribution in [2.45, 2.75) is 0 Å². The van der Waals surface area contributed by atoms with Crippen molar-refractivity contribution >= 4 is 33.1 Å². The molecule has 1 heterocycles. The first-order chi connectivity index (χ1) is 11.1. The van der Waals surface area contributed by atoms with Crippen LogP contribution in [0.15, 0.2) is 24.3 Å². The van der Waals surface area contributed by atoms with E-state index in [-0.39, 0.29) is 34.5 Å². The number of aromatic hydroxyl groups is 2. The summed E-state index contributed by atoms with van der Waals surface area (Å²) in [4.78, 5) is 12.3. The van der Waals surface area contributed by atoms with Gasteiger partial charge in [-0.1, -0.05) is 12.1 Å². The highest BCUT2D eigenvalue weighted by molar-refractivity contribution is 6.32. The Balaban J connectivity index is 2.39. The largest absolute Gasteiger partial charge is 0.507 e. The summed E-state index contributed by atoms with van der Waals surface area (Å²) in [5, 5.41) is 25.8. The number of anilines is 1. The van der Waals surface area contributed by atoms with Gasteiger partial charge in [-0.25, -0.2) is 0 Å². The van der Waals surface area contributed by atoms with Gasteiger partial charge in [-0.3, -0.25) is 4.79 Å². The van der Waals surface area contributed by atoms with Crippen LogP contribution in [-0.4, -0.2) is 30.3 Å². The van der Waals surface area contributed by atoms with E-state index in [9.17, 15) is 15.0 Å². The van der Waals surface area contributed by atoms with Gasteiger partial charge in [-0.15, -0.1) is 0 Å². The molecule has 3 aromatic carbocycles. The summed E-state index contributed by atoms with van der Waals surface area (Å²) >= 11 is 0. The molecule has 0 saturated heterocycles. The van der Waals surface area contributed by atoms with Crippen LogP contribution >= 0.6 is 0 Å². The Morgan fingerprint density at radius 1 is 1.00 bits per heavy atom. The van der Waals surface area contributed by atoms with Gasteiger partial charge in [0.2, 0.25) is 5.75 Å². The summed E-state index contributed by atoms with van der Waals surface area (Å²) in [5.74, 6) is -0.376. The summed E-state index contributed by atoms with van der Waals surface area (Å²) in [6.45, 7) is 0. The molecule has 6 heteroatoms. The number of fused-ring (bicyclic) bond motifs is 2. The molecule has 0 bridgehead atoms. The zero-order valence-corrected chi connectivity index (χ0v) is 12.4. The van der Waals surface area contributed by atoms with Crippen LogP contribution in [0.4, 0.5) is 5.69 Å². The van der Waals surface area contributed by atoms with Crippen LogP contribution in [0.25, 0.3) is 21.5 Å². The quantitative estimate of drug-likeness (QED) is 0.633. The molecule has 4 rings (SSSR count). The number of rotatable bonds is 2. The fourth-order valence-electron chi connectivity index (χ4n) is 3.28. The lowest BCUT2D eigenvalue weighted by molar-refractivity contribution is 0.102. The van der Waals surface area contributed by atoms with E-state index in [1.807, 2.05) is 6.07 Å². The van der Waals surface area contributed by atoms with Gasteiger partial charge in [-0.05, 0) is 17.5 Å². The molecule has 6 nitrogen and oxygen atoms in total. The zero-order chi connectivity index (χ0) is 16.3. The standard InChI is InChI=1S/C17H13NO5/c1-22-15-12-10-7(4-3-5-9(10)19)6-8-11(12)13(17(21)18-8)16(23-2)14(15)20/h3-6,19-20H,1-2H3,(H,18,21). The molecule has 1 amide bonds. The summed E-state index contributed by atoms with van der Waals surface area (Å²) in [6, 6.07) is 6.86. The smallest absolute Gasteiger partial charge is 0.260 e. The van der Waals surface area contributed by atoms with Crippen LogP contribution in [0.3, 0.4) is 0 Å². The van der Waals surface area contributed by atoms with Crippen molar-refractivity contribution in [3.05, 3.63) is 29.8 Å². The molecule has 0 atom stereocenters. The van der Waals surface area contributed by atoms with Gasteiger partial charge >= 0.3 is 0 Å². The molecule has 0 saturated carbocycles. The molecule has 0 spiro atoms. The number of phenols is 2. The Morgan fingerprint density at radius 2 is 1.74 bits per heavy atom. The van der Waals surface area contributed by atoms with Crippen molar-refractivity contribution in [2.24, 2.45) is 0 Å². The van der Waals surface area contributed by atoms with Gasteiger partial charge < -0.3 is 25.0 Å². The van der Waals surface area contributed by atoms with Gasteiger partial charge in [0.1, 0.15) is 5.75 Å². The molecule has 3 aromatic rings. The number of ether oxygens (including phenoxy) is 2. The third kappa shape index (κ3) is 1.55. The van der Waals surface area contributed by atoms with Crippen molar-refractivity contribution in [1.82, 2.24) is 0 Å². The lowest BCUT2D eigenvalue weighted by atomic mass is 9.96. The highest BCUT2D eigenvalue weighted by Crippen LogP contribution is 2.53. The minimum atomic E-state index is -0.366. The number of amides is 1. The fraction of sp³-hybridized carbons (Fsp3) is 0.118. The Morgan fingerprint density at radius 3 is 2.43 bits per heavy atom. The predicted octanol–water partition coefficient (Wildman–Crippen LogP) is 2.99. The number of phenolic OH excluding ortho intramolecular Hbond substituents is 2. The van der Waals surface area contributed by atoms with E-state index in [1.165, 1.54) is 14.2 Å². The van der Waals surface area contributed by atoms with Gasteiger partial charge in [0, 0.05) is 16.2 Å². The van der Waals surface area contributed by atoms with E-state index in [0.29, 0.717) is 21.8 Å². The summed E-state index contributed by atoms with van der Waals surface area (Å²) in [6.07, 6.45) is 0. The zero-order valence-electron chi connectivity index (χ0n) is 12.4. The third-order valence-corrected chi connectivity index (χ3v) is 4.16. The Bertz CT molecular complexity index is 1010. The second-order valence-electron chi connectivity index (χ2n) is 5.29. The molecule has 0 aliphatic carbocycles. The highest BCUT2D eigenvalue weighted by atomic mass is 16.5. The van der Waals surface area contributed by atoms with E-state index < -0.39 is 0 Å². The second kappa shape index (κ2) is 4.42. The van der Waals surface area contributed by atoms with Crippen LogP contribution in [0, 0.1) is 0 Å². The molecule has 116 valence electrons. The number of benzene rings is 3. The van der Waals surface area contributed by atoms with Crippen molar-refractivity contribution in [2.75, 3.05) is 19.5 Å². The molecule has 1 aliphatic heterocycles. The van der Waals surface area contributed by atoms with Crippen molar-refractivity contribution in [3.8, 4) is 23.0 Å². The number of carbonyl (C=O) groups is 1. The van der Waals surface area contributed by atoms with E-state index in [0.717, 1.165) is 5.39 Å². The van der Waals surface area contributed by atoms with E-state index >= 15 is 0 Å². The first kappa shape index (κ1) is 13.5.